The Morgan fingerprint density at radius 1 is 1.25 bits per heavy atom. The lowest BCUT2D eigenvalue weighted by molar-refractivity contribution is 0.284. The van der Waals surface area contributed by atoms with Crippen molar-refractivity contribution < 1.29 is 5.11 Å². The maximum Gasteiger partial charge on any atom is 0.185 e. The molecule has 5 heteroatoms. The molecule has 0 spiro atoms. The van der Waals surface area contributed by atoms with E-state index in [9.17, 15) is 5.11 Å². The Hall–Kier alpha value is -1.46. The average molecular weight is 291 g/mol. The highest BCUT2D eigenvalue weighted by Gasteiger charge is 2.12. The number of nitrogens with zero attached hydrogens (tertiary/aromatic N) is 3. The Labute approximate surface area is 124 Å². The molecule has 0 aliphatic heterocycles. The van der Waals surface area contributed by atoms with Gasteiger partial charge in [-0.25, -0.2) is 4.98 Å². The number of pyridine rings is 1. The van der Waals surface area contributed by atoms with E-state index in [0.717, 1.165) is 41.5 Å². The molecular formula is C15H21N3OS. The summed E-state index contributed by atoms with van der Waals surface area (Å²) in [5, 5.41) is 10.4. The van der Waals surface area contributed by atoms with Crippen molar-refractivity contribution in [3.05, 3.63) is 40.7 Å². The van der Waals surface area contributed by atoms with Crippen LogP contribution in [0.2, 0.25) is 0 Å². The maximum atomic E-state index is 9.39. The molecule has 2 rings (SSSR count). The fourth-order valence-electron chi connectivity index (χ4n) is 2.03. The topological polar surface area (TPSA) is 49.2 Å². The minimum Gasteiger partial charge on any atom is -0.391 e. The van der Waals surface area contributed by atoms with Crippen LogP contribution in [-0.2, 0) is 19.4 Å². The zero-order chi connectivity index (χ0) is 14.4. The number of hydrogen-bond donors (Lipinski definition) is 1. The summed E-state index contributed by atoms with van der Waals surface area (Å²) in [5.74, 6) is 0. The molecule has 2 aromatic rings. The van der Waals surface area contributed by atoms with E-state index in [0.29, 0.717) is 0 Å². The predicted octanol–water partition coefficient (Wildman–Crippen LogP) is 2.66. The molecule has 0 unspecified atom stereocenters. The minimum absolute atomic E-state index is 0.0885. The normalized spacial score (nSPS) is 10.8. The third kappa shape index (κ3) is 3.77. The van der Waals surface area contributed by atoms with Gasteiger partial charge in [0.05, 0.1) is 17.2 Å². The summed E-state index contributed by atoms with van der Waals surface area (Å²) in [6.07, 6.45) is 6.60. The standard InChI is InChI=1S/C15H21N3OS/c1-3-4-13-14(11-19)20-15(17-13)18(2)10-7-12-5-8-16-9-6-12/h5-6,8-9,19H,3-4,7,10-11H2,1-2H3. The molecule has 0 aliphatic rings. The van der Waals surface area contributed by atoms with Gasteiger partial charge in [0, 0.05) is 26.0 Å². The number of aliphatic hydroxyl groups excluding tert-OH is 1. The highest BCUT2D eigenvalue weighted by Crippen LogP contribution is 2.26. The first-order valence-electron chi connectivity index (χ1n) is 6.94. The Balaban J connectivity index is 2.00. The van der Waals surface area contributed by atoms with Gasteiger partial charge >= 0.3 is 0 Å². The van der Waals surface area contributed by atoms with Gasteiger partial charge in [-0.3, -0.25) is 4.98 Å². The Bertz CT molecular complexity index is 527. The molecule has 0 bridgehead atoms. The van der Waals surface area contributed by atoms with Crippen LogP contribution in [0.15, 0.2) is 24.5 Å². The largest absolute Gasteiger partial charge is 0.391 e. The first kappa shape index (κ1) is 14.9. The van der Waals surface area contributed by atoms with Gasteiger partial charge in [0.15, 0.2) is 5.13 Å². The molecule has 0 saturated carbocycles. The van der Waals surface area contributed by atoms with Crippen LogP contribution in [0.4, 0.5) is 5.13 Å². The molecule has 20 heavy (non-hydrogen) atoms. The second kappa shape index (κ2) is 7.36. The first-order valence-corrected chi connectivity index (χ1v) is 7.75. The number of rotatable bonds is 7. The van der Waals surface area contributed by atoms with Crippen molar-refractivity contribution in [3.63, 3.8) is 0 Å². The molecule has 0 atom stereocenters. The minimum atomic E-state index is 0.0885. The van der Waals surface area contributed by atoms with Crippen LogP contribution in [0.3, 0.4) is 0 Å². The summed E-state index contributed by atoms with van der Waals surface area (Å²) in [7, 11) is 2.05. The van der Waals surface area contributed by atoms with Crippen LogP contribution in [0.25, 0.3) is 0 Å². The lowest BCUT2D eigenvalue weighted by atomic mass is 10.2. The fraction of sp³-hybridized carbons (Fsp3) is 0.467. The third-order valence-corrected chi connectivity index (χ3v) is 4.41. The van der Waals surface area contributed by atoms with E-state index in [1.54, 1.807) is 11.3 Å². The zero-order valence-corrected chi connectivity index (χ0v) is 12.9. The number of likely N-dealkylation sites (N-methyl/N-ethyl adjacent to an activating group) is 1. The summed E-state index contributed by atoms with van der Waals surface area (Å²) >= 11 is 1.60. The summed E-state index contributed by atoms with van der Waals surface area (Å²) in [4.78, 5) is 11.8. The van der Waals surface area contributed by atoms with Gasteiger partial charge in [0.2, 0.25) is 0 Å². The Morgan fingerprint density at radius 2 is 2.00 bits per heavy atom. The van der Waals surface area contributed by atoms with Gasteiger partial charge in [-0.05, 0) is 30.5 Å². The highest BCUT2D eigenvalue weighted by atomic mass is 32.1. The van der Waals surface area contributed by atoms with E-state index in [1.807, 2.05) is 24.5 Å². The third-order valence-electron chi connectivity index (χ3n) is 3.21. The van der Waals surface area contributed by atoms with Gasteiger partial charge in [0.1, 0.15) is 0 Å². The van der Waals surface area contributed by atoms with Crippen molar-refractivity contribution in [1.82, 2.24) is 9.97 Å². The maximum absolute atomic E-state index is 9.39. The van der Waals surface area contributed by atoms with Gasteiger partial charge in [-0.15, -0.1) is 0 Å². The summed E-state index contributed by atoms with van der Waals surface area (Å²) < 4.78 is 0. The monoisotopic (exact) mass is 291 g/mol. The van der Waals surface area contributed by atoms with Crippen molar-refractivity contribution in [2.24, 2.45) is 0 Å². The zero-order valence-electron chi connectivity index (χ0n) is 12.0. The van der Waals surface area contributed by atoms with Crippen molar-refractivity contribution in [2.75, 3.05) is 18.5 Å². The summed E-state index contributed by atoms with van der Waals surface area (Å²) in [5.41, 5.74) is 2.32. The van der Waals surface area contributed by atoms with Crippen molar-refractivity contribution in [1.29, 1.82) is 0 Å². The molecule has 1 N–H and O–H groups in total. The Kier molecular flexibility index (Phi) is 5.49. The Morgan fingerprint density at radius 3 is 2.65 bits per heavy atom. The second-order valence-electron chi connectivity index (χ2n) is 4.80. The fourth-order valence-corrected chi connectivity index (χ4v) is 2.98. The molecule has 0 aliphatic carbocycles. The molecule has 0 fully saturated rings. The number of aromatic nitrogens is 2. The van der Waals surface area contributed by atoms with Gasteiger partial charge in [-0.2, -0.15) is 0 Å². The van der Waals surface area contributed by atoms with E-state index in [1.165, 1.54) is 5.56 Å². The number of thiazole rings is 1. The molecule has 2 heterocycles. The van der Waals surface area contributed by atoms with Crippen LogP contribution in [-0.4, -0.2) is 28.7 Å². The summed E-state index contributed by atoms with van der Waals surface area (Å²) in [6.45, 7) is 3.13. The molecule has 0 amide bonds. The van der Waals surface area contributed by atoms with Crippen LogP contribution in [0.1, 0.15) is 29.5 Å². The highest BCUT2D eigenvalue weighted by molar-refractivity contribution is 7.15. The lowest BCUT2D eigenvalue weighted by Crippen LogP contribution is -2.20. The van der Waals surface area contributed by atoms with Crippen LogP contribution in [0.5, 0.6) is 0 Å². The molecule has 4 nitrogen and oxygen atoms in total. The van der Waals surface area contributed by atoms with E-state index in [2.05, 4.69) is 28.8 Å². The second-order valence-corrected chi connectivity index (χ2v) is 5.86. The number of hydrogen-bond acceptors (Lipinski definition) is 5. The van der Waals surface area contributed by atoms with Crippen LogP contribution in [0, 0.1) is 0 Å². The summed E-state index contributed by atoms with van der Waals surface area (Å²) in [6, 6.07) is 4.08. The molecule has 108 valence electrons. The van der Waals surface area contributed by atoms with Crippen LogP contribution < -0.4 is 4.90 Å². The molecule has 0 radical (unpaired) electrons. The number of aliphatic hydroxyl groups is 1. The molecule has 2 aromatic heterocycles. The van der Waals surface area contributed by atoms with Crippen LogP contribution >= 0.6 is 11.3 Å². The smallest absolute Gasteiger partial charge is 0.185 e. The van der Waals surface area contributed by atoms with Gasteiger partial charge in [-0.1, -0.05) is 24.7 Å². The quantitative estimate of drug-likeness (QED) is 0.852. The number of aryl methyl sites for hydroxylation is 1. The molecule has 0 saturated heterocycles. The molecular weight excluding hydrogens is 270 g/mol. The number of anilines is 1. The van der Waals surface area contributed by atoms with E-state index >= 15 is 0 Å². The lowest BCUT2D eigenvalue weighted by Gasteiger charge is -2.15. The molecule has 0 aromatic carbocycles. The van der Waals surface area contributed by atoms with E-state index < -0.39 is 0 Å². The predicted molar refractivity (Wildman–Crippen MR) is 83.2 cm³/mol. The average Bonchev–Trinajstić information content (AvgIpc) is 2.89. The van der Waals surface area contributed by atoms with Gasteiger partial charge < -0.3 is 10.0 Å². The van der Waals surface area contributed by atoms with Crippen molar-refractivity contribution >= 4 is 16.5 Å². The van der Waals surface area contributed by atoms with E-state index in [4.69, 9.17) is 0 Å². The van der Waals surface area contributed by atoms with Crippen molar-refractivity contribution in [2.45, 2.75) is 32.8 Å². The van der Waals surface area contributed by atoms with E-state index in [-0.39, 0.29) is 6.61 Å². The first-order chi connectivity index (χ1) is 9.74. The van der Waals surface area contributed by atoms with Crippen molar-refractivity contribution in [3.8, 4) is 0 Å². The SMILES string of the molecule is CCCc1nc(N(C)CCc2ccncc2)sc1CO. The van der Waals surface area contributed by atoms with Gasteiger partial charge in [0.25, 0.3) is 0 Å².